The van der Waals surface area contributed by atoms with Crippen molar-refractivity contribution in [1.29, 1.82) is 10.5 Å². The molecule has 0 saturated carbocycles. The van der Waals surface area contributed by atoms with Crippen LogP contribution in [0, 0.1) is 36.5 Å². The highest BCUT2D eigenvalue weighted by molar-refractivity contribution is 6.31. The van der Waals surface area contributed by atoms with Crippen LogP contribution in [0.25, 0.3) is 11.1 Å². The molecule has 5 nitrogen and oxygen atoms in total. The summed E-state index contributed by atoms with van der Waals surface area (Å²) in [4.78, 5) is 15.2. The zero-order valence-electron chi connectivity index (χ0n) is 14.8. The fourth-order valence-corrected chi connectivity index (χ4v) is 3.33. The molecule has 0 N–H and O–H groups in total. The zero-order chi connectivity index (χ0) is 19.6. The smallest absolute Gasteiger partial charge is 0.153 e. The maximum absolute atomic E-state index is 11.1. The lowest BCUT2D eigenvalue weighted by molar-refractivity contribution is 0.112. The molecule has 132 valence electrons. The van der Waals surface area contributed by atoms with Gasteiger partial charge in [0.2, 0.25) is 0 Å². The number of carbonyl (C=O) groups excluding carboxylic acids is 1. The van der Waals surface area contributed by atoms with Gasteiger partial charge in [-0.2, -0.15) is 10.5 Å². The molecule has 0 amide bonds. The Hall–Kier alpha value is -3.41. The fraction of sp³-hybridized carbons (Fsp3) is 0.143. The number of nitrogens with zero attached hydrogens (tertiary/aromatic N) is 4. The minimum atomic E-state index is 0.172. The molecule has 1 aromatic carbocycles. The number of hydrogen-bond donors (Lipinski definition) is 0. The molecule has 3 aromatic rings. The minimum Gasteiger partial charge on any atom is -0.343 e. The molecule has 3 rings (SSSR count). The molecule has 0 bridgehead atoms. The number of aromatic nitrogens is 2. The van der Waals surface area contributed by atoms with E-state index in [0.717, 1.165) is 28.1 Å². The van der Waals surface area contributed by atoms with Crippen molar-refractivity contribution in [3.8, 4) is 23.3 Å². The first kappa shape index (κ1) is 18.4. The van der Waals surface area contributed by atoms with Gasteiger partial charge in [0.1, 0.15) is 11.2 Å². The lowest BCUT2D eigenvalue weighted by Crippen LogP contribution is -2.05. The average Bonchev–Trinajstić information content (AvgIpc) is 2.93. The van der Waals surface area contributed by atoms with Crippen LogP contribution in [-0.2, 0) is 6.54 Å². The van der Waals surface area contributed by atoms with Gasteiger partial charge in [-0.25, -0.2) is 4.98 Å². The molecular formula is C21H15ClN4O. The van der Waals surface area contributed by atoms with E-state index in [1.165, 1.54) is 0 Å². The molecule has 0 saturated heterocycles. The van der Waals surface area contributed by atoms with Crippen LogP contribution < -0.4 is 0 Å². The highest BCUT2D eigenvalue weighted by atomic mass is 35.5. The summed E-state index contributed by atoms with van der Waals surface area (Å²) in [6, 6.07) is 13.3. The maximum Gasteiger partial charge on any atom is 0.153 e. The van der Waals surface area contributed by atoms with Crippen LogP contribution in [0.2, 0.25) is 5.15 Å². The third kappa shape index (κ3) is 3.33. The first-order chi connectivity index (χ1) is 13.0. The molecule has 2 heterocycles. The summed E-state index contributed by atoms with van der Waals surface area (Å²) in [6.07, 6.45) is 2.30. The van der Waals surface area contributed by atoms with Crippen molar-refractivity contribution in [1.82, 2.24) is 9.55 Å². The summed E-state index contributed by atoms with van der Waals surface area (Å²) in [6.45, 7) is 4.31. The zero-order valence-corrected chi connectivity index (χ0v) is 15.6. The van der Waals surface area contributed by atoms with Crippen LogP contribution >= 0.6 is 11.6 Å². The Morgan fingerprint density at radius 1 is 1.15 bits per heavy atom. The van der Waals surface area contributed by atoms with Crippen molar-refractivity contribution in [3.63, 3.8) is 0 Å². The van der Waals surface area contributed by atoms with Gasteiger partial charge in [0.05, 0.1) is 22.8 Å². The molecule has 0 radical (unpaired) electrons. The van der Waals surface area contributed by atoms with Gasteiger partial charge in [0.25, 0.3) is 0 Å². The quantitative estimate of drug-likeness (QED) is 0.499. The van der Waals surface area contributed by atoms with E-state index in [4.69, 9.17) is 16.9 Å². The van der Waals surface area contributed by atoms with Crippen molar-refractivity contribution in [2.45, 2.75) is 20.4 Å². The van der Waals surface area contributed by atoms with E-state index >= 15 is 0 Å². The first-order valence-corrected chi connectivity index (χ1v) is 8.57. The minimum absolute atomic E-state index is 0.172. The van der Waals surface area contributed by atoms with Gasteiger partial charge in [-0.1, -0.05) is 23.7 Å². The van der Waals surface area contributed by atoms with Gasteiger partial charge in [-0.15, -0.1) is 0 Å². The number of nitriles is 2. The Morgan fingerprint density at radius 2 is 1.85 bits per heavy atom. The lowest BCUT2D eigenvalue weighted by atomic mass is 10.0. The summed E-state index contributed by atoms with van der Waals surface area (Å²) in [5.74, 6) is 0. The second kappa shape index (κ2) is 7.45. The van der Waals surface area contributed by atoms with Crippen LogP contribution in [0.4, 0.5) is 0 Å². The van der Waals surface area contributed by atoms with Crippen LogP contribution in [0.3, 0.4) is 0 Å². The Bertz CT molecular complexity index is 1120. The number of hydrogen-bond acceptors (Lipinski definition) is 4. The van der Waals surface area contributed by atoms with Gasteiger partial charge in [0.15, 0.2) is 6.29 Å². The summed E-state index contributed by atoms with van der Waals surface area (Å²) in [5.41, 5.74) is 5.80. The van der Waals surface area contributed by atoms with E-state index in [9.17, 15) is 10.1 Å². The number of halogens is 1. The molecule has 27 heavy (non-hydrogen) atoms. The summed E-state index contributed by atoms with van der Waals surface area (Å²) in [5, 5.41) is 18.8. The van der Waals surface area contributed by atoms with E-state index in [1.807, 2.05) is 30.5 Å². The molecule has 0 aliphatic rings. The van der Waals surface area contributed by atoms with E-state index in [-0.39, 0.29) is 5.15 Å². The third-order valence-electron chi connectivity index (χ3n) is 4.59. The Kier molecular flexibility index (Phi) is 5.07. The van der Waals surface area contributed by atoms with Crippen LogP contribution in [0.1, 0.15) is 38.4 Å². The summed E-state index contributed by atoms with van der Waals surface area (Å²) < 4.78 is 2.02. The monoisotopic (exact) mass is 374 g/mol. The van der Waals surface area contributed by atoms with Crippen molar-refractivity contribution in [2.24, 2.45) is 0 Å². The molecule has 0 aliphatic heterocycles. The van der Waals surface area contributed by atoms with Crippen molar-refractivity contribution < 1.29 is 4.79 Å². The van der Waals surface area contributed by atoms with Crippen molar-refractivity contribution in [3.05, 3.63) is 75.3 Å². The number of benzene rings is 1. The third-order valence-corrected chi connectivity index (χ3v) is 4.90. The average molecular weight is 375 g/mol. The van der Waals surface area contributed by atoms with Gasteiger partial charge in [0, 0.05) is 29.7 Å². The largest absolute Gasteiger partial charge is 0.343 e. The number of carbonyl (C=O) groups is 1. The molecule has 0 atom stereocenters. The highest BCUT2D eigenvalue weighted by Gasteiger charge is 2.19. The second-order valence-electron chi connectivity index (χ2n) is 6.15. The molecule has 6 heteroatoms. The van der Waals surface area contributed by atoms with Crippen LogP contribution in [0.15, 0.2) is 36.5 Å². The SMILES string of the molecule is Cc1c(C#N)c(-c2ccc(C#N)cc2)c(C)n1Cc1cnc(Cl)c(C=O)c1. The maximum atomic E-state index is 11.1. The van der Waals surface area contributed by atoms with Crippen LogP contribution in [-0.4, -0.2) is 15.8 Å². The topological polar surface area (TPSA) is 82.5 Å². The number of aldehydes is 1. The van der Waals surface area contributed by atoms with Crippen molar-refractivity contribution >= 4 is 17.9 Å². The Morgan fingerprint density at radius 3 is 2.44 bits per heavy atom. The number of pyridine rings is 1. The first-order valence-electron chi connectivity index (χ1n) is 8.20. The van der Waals surface area contributed by atoms with E-state index in [1.54, 1.807) is 24.4 Å². The summed E-state index contributed by atoms with van der Waals surface area (Å²) >= 11 is 5.90. The van der Waals surface area contributed by atoms with E-state index in [0.29, 0.717) is 29.5 Å². The molecule has 0 unspecified atom stereocenters. The fourth-order valence-electron chi connectivity index (χ4n) is 3.18. The molecule has 2 aromatic heterocycles. The standard InChI is InChI=1S/C21H15ClN4O/c1-13-19(9-24)20(17-5-3-15(8-23)4-6-17)14(2)26(13)11-16-7-18(12-27)21(22)25-10-16/h3-7,10,12H,11H2,1-2H3. The van der Waals surface area contributed by atoms with Crippen molar-refractivity contribution in [2.75, 3.05) is 0 Å². The van der Waals surface area contributed by atoms with Gasteiger partial charge in [-0.3, -0.25) is 4.79 Å². The van der Waals surface area contributed by atoms with Gasteiger partial charge in [-0.05, 0) is 43.2 Å². The number of rotatable bonds is 4. The van der Waals surface area contributed by atoms with Gasteiger partial charge >= 0.3 is 0 Å². The predicted molar refractivity (Wildman–Crippen MR) is 103 cm³/mol. The Balaban J connectivity index is 2.10. The lowest BCUT2D eigenvalue weighted by Gasteiger charge is -2.10. The summed E-state index contributed by atoms with van der Waals surface area (Å²) in [7, 11) is 0. The normalized spacial score (nSPS) is 10.3. The highest BCUT2D eigenvalue weighted by Crippen LogP contribution is 2.32. The molecule has 0 spiro atoms. The molecule has 0 aliphatic carbocycles. The molecular weight excluding hydrogens is 360 g/mol. The Labute approximate surface area is 162 Å². The van der Waals surface area contributed by atoms with Crippen LogP contribution in [0.5, 0.6) is 0 Å². The van der Waals surface area contributed by atoms with E-state index < -0.39 is 0 Å². The van der Waals surface area contributed by atoms with Gasteiger partial charge < -0.3 is 4.57 Å². The second-order valence-corrected chi connectivity index (χ2v) is 6.51. The molecule has 0 fully saturated rings. The van der Waals surface area contributed by atoms with E-state index in [2.05, 4.69) is 17.1 Å². The predicted octanol–water partition coefficient (Wildman–Crippen LogP) is 4.42.